The fourth-order valence-corrected chi connectivity index (χ4v) is 5.35. The smallest absolute Gasteiger partial charge is 0.313 e. The van der Waals surface area contributed by atoms with Crippen LogP contribution in [0.4, 0.5) is 5.95 Å². The molecule has 0 radical (unpaired) electrons. The molecule has 0 N–H and O–H groups in total. The Bertz CT molecular complexity index is 1190. The van der Waals surface area contributed by atoms with Gasteiger partial charge in [0.1, 0.15) is 0 Å². The maximum Gasteiger partial charge on any atom is 0.313 e. The largest absolute Gasteiger partial charge is 0.469 e. The predicted molar refractivity (Wildman–Crippen MR) is 155 cm³/mol. The molecule has 2 heterocycles. The van der Waals surface area contributed by atoms with Crippen molar-refractivity contribution < 1.29 is 9.53 Å². The van der Waals surface area contributed by atoms with E-state index in [1.54, 1.807) is 0 Å². The Morgan fingerprint density at radius 2 is 1.71 bits per heavy atom. The number of carbonyl (C=O) groups is 1. The second-order valence-corrected chi connectivity index (χ2v) is 10.6. The average molecular weight is 515 g/mol. The summed E-state index contributed by atoms with van der Waals surface area (Å²) in [5.41, 5.74) is 6.23. The lowest BCUT2D eigenvalue weighted by molar-refractivity contribution is -0.142. The molecule has 1 aliphatic rings. The van der Waals surface area contributed by atoms with Crippen molar-refractivity contribution in [2.45, 2.75) is 65.3 Å². The van der Waals surface area contributed by atoms with Crippen LogP contribution in [0, 0.1) is 6.92 Å². The topological polar surface area (TPSA) is 58.6 Å². The van der Waals surface area contributed by atoms with Crippen LogP contribution < -0.4 is 4.90 Å². The zero-order valence-corrected chi connectivity index (χ0v) is 23.6. The number of nitrogens with zero attached hydrogens (tertiary/aromatic N) is 4. The Kier molecular flexibility index (Phi) is 9.51. The van der Waals surface area contributed by atoms with Crippen molar-refractivity contribution >= 4 is 11.9 Å². The van der Waals surface area contributed by atoms with Crippen molar-refractivity contribution in [2.24, 2.45) is 0 Å². The monoisotopic (exact) mass is 514 g/mol. The van der Waals surface area contributed by atoms with Crippen LogP contribution in [-0.2, 0) is 16.1 Å². The summed E-state index contributed by atoms with van der Waals surface area (Å²) in [6, 6.07) is 19.3. The molecule has 0 aliphatic carbocycles. The number of carbonyl (C=O) groups excluding carboxylic acids is 1. The fourth-order valence-electron chi connectivity index (χ4n) is 5.35. The Morgan fingerprint density at radius 1 is 0.974 bits per heavy atom. The number of aromatic nitrogens is 2. The van der Waals surface area contributed by atoms with Gasteiger partial charge in [0, 0.05) is 49.5 Å². The summed E-state index contributed by atoms with van der Waals surface area (Å²) in [6.07, 6.45) is 2.62. The highest BCUT2D eigenvalue weighted by atomic mass is 16.5. The number of esters is 1. The standard InChI is InChI=1S/C32H42N4O2/c1-6-11-28(31(37)38-5)29-24(4)33-32(34-30(29)27-16-14-26(15-17-27)23(2)3)36-19-10-18-35(20-21-36)22-25-12-8-7-9-13-25/h7-9,12-17,23,28H,6,10-11,18-22H2,1-5H3. The quantitative estimate of drug-likeness (QED) is 0.310. The number of hydrogen-bond donors (Lipinski definition) is 0. The Hall–Kier alpha value is -3.25. The van der Waals surface area contributed by atoms with Gasteiger partial charge in [-0.1, -0.05) is 81.8 Å². The number of ether oxygens (including phenoxy) is 1. The second kappa shape index (κ2) is 13.0. The summed E-state index contributed by atoms with van der Waals surface area (Å²) in [7, 11) is 1.46. The number of methoxy groups -OCH3 is 1. The number of rotatable bonds is 9. The minimum Gasteiger partial charge on any atom is -0.469 e. The third-order valence-electron chi connectivity index (χ3n) is 7.51. The highest BCUT2D eigenvalue weighted by Crippen LogP contribution is 2.35. The molecule has 0 amide bonds. The van der Waals surface area contributed by atoms with Crippen LogP contribution in [0.2, 0.25) is 0 Å². The highest BCUT2D eigenvalue weighted by molar-refractivity contribution is 5.82. The van der Waals surface area contributed by atoms with Gasteiger partial charge in [-0.3, -0.25) is 9.69 Å². The summed E-state index contributed by atoms with van der Waals surface area (Å²) >= 11 is 0. The third kappa shape index (κ3) is 6.60. The summed E-state index contributed by atoms with van der Waals surface area (Å²) in [6.45, 7) is 13.2. The molecule has 3 aromatic rings. The van der Waals surface area contributed by atoms with E-state index in [-0.39, 0.29) is 11.9 Å². The molecule has 0 saturated carbocycles. The van der Waals surface area contributed by atoms with E-state index in [1.807, 2.05) is 6.92 Å². The number of aryl methyl sites for hydroxylation is 1. The molecule has 6 nitrogen and oxygen atoms in total. The Morgan fingerprint density at radius 3 is 2.37 bits per heavy atom. The van der Waals surface area contributed by atoms with Crippen LogP contribution in [0.5, 0.6) is 0 Å². The van der Waals surface area contributed by atoms with E-state index in [1.165, 1.54) is 18.2 Å². The van der Waals surface area contributed by atoms with Crippen LogP contribution in [0.25, 0.3) is 11.3 Å². The van der Waals surface area contributed by atoms with E-state index in [0.29, 0.717) is 12.3 Å². The molecular formula is C32H42N4O2. The van der Waals surface area contributed by atoms with Gasteiger partial charge in [-0.05, 0) is 36.8 Å². The zero-order chi connectivity index (χ0) is 27.1. The molecule has 2 aromatic carbocycles. The van der Waals surface area contributed by atoms with Gasteiger partial charge in [0.05, 0.1) is 18.7 Å². The lowest BCUT2D eigenvalue weighted by Crippen LogP contribution is -2.32. The molecule has 38 heavy (non-hydrogen) atoms. The summed E-state index contributed by atoms with van der Waals surface area (Å²) in [4.78, 5) is 27.9. The van der Waals surface area contributed by atoms with E-state index >= 15 is 0 Å². The maximum absolute atomic E-state index is 12.9. The molecule has 1 atom stereocenters. The number of benzene rings is 2. The van der Waals surface area contributed by atoms with E-state index < -0.39 is 0 Å². The van der Waals surface area contributed by atoms with E-state index in [2.05, 4.69) is 85.2 Å². The van der Waals surface area contributed by atoms with Crippen LogP contribution in [-0.4, -0.2) is 54.1 Å². The summed E-state index contributed by atoms with van der Waals surface area (Å²) in [5, 5.41) is 0. The molecule has 1 saturated heterocycles. The first-order valence-electron chi connectivity index (χ1n) is 14.0. The minimum absolute atomic E-state index is 0.224. The van der Waals surface area contributed by atoms with Crippen molar-refractivity contribution in [1.29, 1.82) is 0 Å². The van der Waals surface area contributed by atoms with Crippen molar-refractivity contribution in [1.82, 2.24) is 14.9 Å². The second-order valence-electron chi connectivity index (χ2n) is 10.6. The molecule has 0 bridgehead atoms. The van der Waals surface area contributed by atoms with Gasteiger partial charge in [0.15, 0.2) is 0 Å². The van der Waals surface area contributed by atoms with Crippen LogP contribution >= 0.6 is 0 Å². The number of hydrogen-bond acceptors (Lipinski definition) is 6. The molecule has 1 aliphatic heterocycles. The van der Waals surface area contributed by atoms with Crippen LogP contribution in [0.3, 0.4) is 0 Å². The summed E-state index contributed by atoms with van der Waals surface area (Å²) < 4.78 is 5.23. The maximum atomic E-state index is 12.9. The molecule has 4 rings (SSSR count). The molecule has 202 valence electrons. The van der Waals surface area contributed by atoms with E-state index in [9.17, 15) is 4.79 Å². The van der Waals surface area contributed by atoms with Gasteiger partial charge in [-0.25, -0.2) is 9.97 Å². The first-order chi connectivity index (χ1) is 18.4. The van der Waals surface area contributed by atoms with Crippen molar-refractivity contribution in [3.63, 3.8) is 0 Å². The summed E-state index contributed by atoms with van der Waals surface area (Å²) in [5.74, 6) is 0.586. The average Bonchev–Trinajstić information content (AvgIpc) is 3.17. The first-order valence-corrected chi connectivity index (χ1v) is 14.0. The lowest BCUT2D eigenvalue weighted by Gasteiger charge is -2.25. The van der Waals surface area contributed by atoms with Gasteiger partial charge in [0.25, 0.3) is 0 Å². The highest BCUT2D eigenvalue weighted by Gasteiger charge is 2.29. The third-order valence-corrected chi connectivity index (χ3v) is 7.51. The number of anilines is 1. The Balaban J connectivity index is 1.68. The molecule has 1 aromatic heterocycles. The van der Waals surface area contributed by atoms with Crippen molar-refractivity contribution in [3.05, 3.63) is 77.0 Å². The molecule has 6 heteroatoms. The SMILES string of the molecule is CCCC(C(=O)OC)c1c(C)nc(N2CCCN(Cc3ccccc3)CC2)nc1-c1ccc(C(C)C)cc1. The lowest BCUT2D eigenvalue weighted by atomic mass is 9.89. The molecule has 0 spiro atoms. The van der Waals surface area contributed by atoms with Crippen LogP contribution in [0.1, 0.15) is 74.3 Å². The Labute approximate surface area is 228 Å². The van der Waals surface area contributed by atoms with Crippen molar-refractivity contribution in [2.75, 3.05) is 38.2 Å². The predicted octanol–water partition coefficient (Wildman–Crippen LogP) is 6.34. The minimum atomic E-state index is -0.385. The van der Waals surface area contributed by atoms with Gasteiger partial charge in [0.2, 0.25) is 5.95 Å². The molecule has 1 fully saturated rings. The van der Waals surface area contributed by atoms with Gasteiger partial charge >= 0.3 is 5.97 Å². The van der Waals surface area contributed by atoms with Gasteiger partial charge in [-0.15, -0.1) is 0 Å². The molecule has 1 unspecified atom stereocenters. The zero-order valence-electron chi connectivity index (χ0n) is 23.6. The van der Waals surface area contributed by atoms with Gasteiger partial charge < -0.3 is 9.64 Å². The van der Waals surface area contributed by atoms with Crippen LogP contribution in [0.15, 0.2) is 54.6 Å². The van der Waals surface area contributed by atoms with Crippen molar-refractivity contribution in [3.8, 4) is 11.3 Å². The van der Waals surface area contributed by atoms with E-state index in [0.717, 1.165) is 74.0 Å². The van der Waals surface area contributed by atoms with E-state index in [4.69, 9.17) is 14.7 Å². The normalized spacial score (nSPS) is 15.4. The van der Waals surface area contributed by atoms with Gasteiger partial charge in [-0.2, -0.15) is 0 Å². The molecular weight excluding hydrogens is 472 g/mol. The fraction of sp³-hybridized carbons (Fsp3) is 0.469. The first kappa shape index (κ1) is 27.8.